The third kappa shape index (κ3) is 3.80. The second-order valence-corrected chi connectivity index (χ2v) is 5.37. The maximum Gasteiger partial charge on any atom is 0.145 e. The van der Waals surface area contributed by atoms with Gasteiger partial charge in [-0.05, 0) is 37.6 Å². The Hall–Kier alpha value is -1.45. The number of rotatable bonds is 5. The highest BCUT2D eigenvalue weighted by Gasteiger charge is 2.14. The molecule has 1 atom stereocenters. The predicted octanol–water partition coefficient (Wildman–Crippen LogP) is 5.70. The molecule has 2 rings (SSSR count). The number of hydrogen-bond acceptors (Lipinski definition) is 2. The quantitative estimate of drug-likeness (QED) is 0.760. The van der Waals surface area contributed by atoms with E-state index in [2.05, 4.69) is 5.32 Å². The lowest BCUT2D eigenvalue weighted by atomic mass is 10.1. The minimum absolute atomic E-state index is 0.0964. The SMILES string of the molecule is CCOc1cc(F)ccc1NC(C)c1cccc(Cl)c1Cl. The summed E-state index contributed by atoms with van der Waals surface area (Å²) in [6.07, 6.45) is 0. The fourth-order valence-electron chi connectivity index (χ4n) is 2.06. The molecule has 0 aliphatic rings. The average Bonchev–Trinajstić information content (AvgIpc) is 2.45. The van der Waals surface area contributed by atoms with Gasteiger partial charge in [-0.15, -0.1) is 0 Å². The zero-order valence-electron chi connectivity index (χ0n) is 11.8. The Morgan fingerprint density at radius 2 is 2.00 bits per heavy atom. The van der Waals surface area contributed by atoms with E-state index in [0.29, 0.717) is 28.1 Å². The van der Waals surface area contributed by atoms with Crippen LogP contribution in [-0.2, 0) is 0 Å². The van der Waals surface area contributed by atoms with Crippen molar-refractivity contribution < 1.29 is 9.13 Å². The molecule has 21 heavy (non-hydrogen) atoms. The van der Waals surface area contributed by atoms with E-state index in [4.69, 9.17) is 27.9 Å². The maximum absolute atomic E-state index is 13.3. The van der Waals surface area contributed by atoms with E-state index in [1.807, 2.05) is 26.0 Å². The van der Waals surface area contributed by atoms with E-state index in [-0.39, 0.29) is 11.9 Å². The maximum atomic E-state index is 13.3. The highest BCUT2D eigenvalue weighted by molar-refractivity contribution is 6.42. The molecule has 2 nitrogen and oxygen atoms in total. The first-order valence-electron chi connectivity index (χ1n) is 6.65. The minimum atomic E-state index is -0.336. The topological polar surface area (TPSA) is 21.3 Å². The van der Waals surface area contributed by atoms with Crippen LogP contribution < -0.4 is 10.1 Å². The van der Waals surface area contributed by atoms with Gasteiger partial charge in [-0.1, -0.05) is 35.3 Å². The predicted molar refractivity (Wildman–Crippen MR) is 86.1 cm³/mol. The summed E-state index contributed by atoms with van der Waals surface area (Å²) in [5.41, 5.74) is 1.58. The number of anilines is 1. The van der Waals surface area contributed by atoms with Crippen LogP contribution >= 0.6 is 23.2 Å². The number of benzene rings is 2. The van der Waals surface area contributed by atoms with Gasteiger partial charge in [0.2, 0.25) is 0 Å². The molecule has 0 aromatic heterocycles. The zero-order valence-corrected chi connectivity index (χ0v) is 13.3. The van der Waals surface area contributed by atoms with E-state index in [0.717, 1.165) is 5.56 Å². The largest absolute Gasteiger partial charge is 0.492 e. The van der Waals surface area contributed by atoms with Crippen LogP contribution in [0.25, 0.3) is 0 Å². The second-order valence-electron chi connectivity index (χ2n) is 4.58. The molecule has 0 radical (unpaired) electrons. The monoisotopic (exact) mass is 327 g/mol. The molecule has 0 aliphatic carbocycles. The Labute approximate surface area is 133 Å². The number of ether oxygens (including phenoxy) is 1. The van der Waals surface area contributed by atoms with E-state index < -0.39 is 0 Å². The highest BCUT2D eigenvalue weighted by atomic mass is 35.5. The summed E-state index contributed by atoms with van der Waals surface area (Å²) in [6, 6.07) is 9.78. The summed E-state index contributed by atoms with van der Waals surface area (Å²) in [5.74, 6) is 0.139. The normalized spacial score (nSPS) is 12.0. The van der Waals surface area contributed by atoms with E-state index in [1.165, 1.54) is 12.1 Å². The molecule has 0 bridgehead atoms. The molecule has 0 saturated heterocycles. The van der Waals surface area contributed by atoms with Crippen molar-refractivity contribution in [1.82, 2.24) is 0 Å². The van der Waals surface area contributed by atoms with Crippen molar-refractivity contribution in [2.75, 3.05) is 11.9 Å². The Morgan fingerprint density at radius 3 is 2.71 bits per heavy atom. The van der Waals surface area contributed by atoms with E-state index in [1.54, 1.807) is 12.1 Å². The second kappa shape index (κ2) is 7.01. The van der Waals surface area contributed by atoms with Crippen molar-refractivity contribution in [3.63, 3.8) is 0 Å². The van der Waals surface area contributed by atoms with Gasteiger partial charge in [0.05, 0.1) is 28.4 Å². The number of hydrogen-bond donors (Lipinski definition) is 1. The van der Waals surface area contributed by atoms with Crippen molar-refractivity contribution in [3.8, 4) is 5.75 Å². The van der Waals surface area contributed by atoms with Crippen molar-refractivity contribution in [2.45, 2.75) is 19.9 Å². The smallest absolute Gasteiger partial charge is 0.145 e. The van der Waals surface area contributed by atoms with Crippen LogP contribution in [0.15, 0.2) is 36.4 Å². The lowest BCUT2D eigenvalue weighted by Gasteiger charge is -2.19. The minimum Gasteiger partial charge on any atom is -0.492 e. The van der Waals surface area contributed by atoms with Crippen LogP contribution in [0.3, 0.4) is 0 Å². The van der Waals surface area contributed by atoms with Gasteiger partial charge in [-0.3, -0.25) is 0 Å². The van der Waals surface area contributed by atoms with Crippen LogP contribution in [0.2, 0.25) is 10.0 Å². The molecule has 2 aromatic carbocycles. The number of halogens is 3. The van der Waals surface area contributed by atoms with Gasteiger partial charge in [0.25, 0.3) is 0 Å². The summed E-state index contributed by atoms with van der Waals surface area (Å²) in [6.45, 7) is 4.27. The molecule has 0 amide bonds. The van der Waals surface area contributed by atoms with Crippen molar-refractivity contribution >= 4 is 28.9 Å². The fourth-order valence-corrected chi connectivity index (χ4v) is 2.53. The summed E-state index contributed by atoms with van der Waals surface area (Å²) in [7, 11) is 0. The molecule has 0 heterocycles. The Balaban J connectivity index is 2.27. The Morgan fingerprint density at radius 1 is 1.24 bits per heavy atom. The van der Waals surface area contributed by atoms with E-state index in [9.17, 15) is 4.39 Å². The first-order chi connectivity index (χ1) is 10.0. The number of nitrogens with one attached hydrogen (secondary N) is 1. The molecule has 1 N–H and O–H groups in total. The molecule has 0 aliphatic heterocycles. The van der Waals surface area contributed by atoms with Gasteiger partial charge in [-0.2, -0.15) is 0 Å². The van der Waals surface area contributed by atoms with Gasteiger partial charge in [-0.25, -0.2) is 4.39 Å². The van der Waals surface area contributed by atoms with Crippen LogP contribution in [0.1, 0.15) is 25.5 Å². The van der Waals surface area contributed by atoms with Crippen LogP contribution in [-0.4, -0.2) is 6.61 Å². The molecule has 0 fully saturated rings. The highest BCUT2D eigenvalue weighted by Crippen LogP contribution is 2.34. The molecular formula is C16H16Cl2FNO. The standard InChI is InChI=1S/C16H16Cl2FNO/c1-3-21-15-9-11(19)7-8-14(15)20-10(2)12-5-4-6-13(17)16(12)18/h4-10,20H,3H2,1-2H3. The molecule has 2 aromatic rings. The van der Waals surface area contributed by atoms with Crippen LogP contribution in [0, 0.1) is 5.82 Å². The third-order valence-electron chi connectivity index (χ3n) is 3.06. The average molecular weight is 328 g/mol. The van der Waals surface area contributed by atoms with Gasteiger partial charge in [0, 0.05) is 6.07 Å². The summed E-state index contributed by atoms with van der Waals surface area (Å²) >= 11 is 12.2. The van der Waals surface area contributed by atoms with Crippen molar-refractivity contribution in [3.05, 3.63) is 57.8 Å². The van der Waals surface area contributed by atoms with Crippen LogP contribution in [0.5, 0.6) is 5.75 Å². The molecule has 1 unspecified atom stereocenters. The zero-order chi connectivity index (χ0) is 15.4. The van der Waals surface area contributed by atoms with Crippen LogP contribution in [0.4, 0.5) is 10.1 Å². The lowest BCUT2D eigenvalue weighted by Crippen LogP contribution is -2.09. The van der Waals surface area contributed by atoms with Gasteiger partial charge >= 0.3 is 0 Å². The van der Waals surface area contributed by atoms with Gasteiger partial charge < -0.3 is 10.1 Å². The molecule has 5 heteroatoms. The van der Waals surface area contributed by atoms with E-state index >= 15 is 0 Å². The lowest BCUT2D eigenvalue weighted by molar-refractivity contribution is 0.339. The molecule has 0 spiro atoms. The first kappa shape index (κ1) is 15.9. The fraction of sp³-hybridized carbons (Fsp3) is 0.250. The Kier molecular flexibility index (Phi) is 5.32. The van der Waals surface area contributed by atoms with Gasteiger partial charge in [0.1, 0.15) is 11.6 Å². The van der Waals surface area contributed by atoms with Crippen molar-refractivity contribution in [1.29, 1.82) is 0 Å². The third-order valence-corrected chi connectivity index (χ3v) is 3.90. The molecule has 0 saturated carbocycles. The molecule has 112 valence electrons. The summed E-state index contributed by atoms with van der Waals surface area (Å²) in [4.78, 5) is 0. The summed E-state index contributed by atoms with van der Waals surface area (Å²) in [5, 5.41) is 4.29. The Bertz CT molecular complexity index is 634. The molecular weight excluding hydrogens is 312 g/mol. The first-order valence-corrected chi connectivity index (χ1v) is 7.41. The van der Waals surface area contributed by atoms with Crippen molar-refractivity contribution in [2.24, 2.45) is 0 Å². The van der Waals surface area contributed by atoms with Gasteiger partial charge in [0.15, 0.2) is 0 Å². The summed E-state index contributed by atoms with van der Waals surface area (Å²) < 4.78 is 18.7.